The summed E-state index contributed by atoms with van der Waals surface area (Å²) in [5.74, 6) is 0.820. The van der Waals surface area contributed by atoms with Crippen molar-refractivity contribution in [2.45, 2.75) is 11.5 Å². The number of benzene rings is 3. The minimum Gasteiger partial charge on any atom is -0.489 e. The fourth-order valence-electron chi connectivity index (χ4n) is 2.76. The van der Waals surface area contributed by atoms with Gasteiger partial charge in [-0.05, 0) is 42.0 Å². The highest BCUT2D eigenvalue weighted by atomic mass is 35.5. The summed E-state index contributed by atoms with van der Waals surface area (Å²) in [6.45, 7) is 0.402. The van der Waals surface area contributed by atoms with E-state index in [-0.39, 0.29) is 5.78 Å². The third-order valence-corrected chi connectivity index (χ3v) is 5.55. The van der Waals surface area contributed by atoms with Gasteiger partial charge in [-0.3, -0.25) is 4.79 Å². The number of halogens is 1. The number of ketones is 1. The Hall–Kier alpha value is -2.49. The Kier molecular flexibility index (Phi) is 4.83. The lowest BCUT2D eigenvalue weighted by atomic mass is 10.1. The van der Waals surface area contributed by atoms with E-state index in [1.807, 2.05) is 78.9 Å². The lowest BCUT2D eigenvalue weighted by molar-refractivity contribution is 0.104. The molecule has 1 aliphatic rings. The molecule has 4 heteroatoms. The molecule has 3 aromatic carbocycles. The molecule has 0 aliphatic carbocycles. The minimum absolute atomic E-state index is 0.0768. The van der Waals surface area contributed by atoms with Gasteiger partial charge in [-0.25, -0.2) is 0 Å². The molecule has 26 heavy (non-hydrogen) atoms. The zero-order chi connectivity index (χ0) is 17.9. The summed E-state index contributed by atoms with van der Waals surface area (Å²) in [7, 11) is 0. The molecule has 1 aliphatic heterocycles. The zero-order valence-corrected chi connectivity index (χ0v) is 15.4. The molecule has 3 aromatic rings. The zero-order valence-electron chi connectivity index (χ0n) is 13.8. The molecule has 0 N–H and O–H groups in total. The van der Waals surface area contributed by atoms with Gasteiger partial charge in [0.25, 0.3) is 0 Å². The predicted octanol–water partition coefficient (Wildman–Crippen LogP) is 6.25. The quantitative estimate of drug-likeness (QED) is 0.502. The fourth-order valence-corrected chi connectivity index (χ4v) is 4.00. The SMILES string of the molecule is O=C1C(=Cc2cccc(OCc3ccccc3Cl)c2)Sc2ccccc21. The van der Waals surface area contributed by atoms with Crippen LogP contribution in [-0.2, 0) is 6.61 Å². The maximum Gasteiger partial charge on any atom is 0.200 e. The fraction of sp³-hybridized carbons (Fsp3) is 0.0455. The number of hydrogen-bond donors (Lipinski definition) is 0. The van der Waals surface area contributed by atoms with E-state index < -0.39 is 0 Å². The molecular weight excluding hydrogens is 364 g/mol. The predicted molar refractivity (Wildman–Crippen MR) is 107 cm³/mol. The number of rotatable bonds is 4. The topological polar surface area (TPSA) is 26.3 Å². The molecular formula is C22H15ClO2S. The van der Waals surface area contributed by atoms with E-state index >= 15 is 0 Å². The molecule has 0 amide bonds. The molecule has 0 aromatic heterocycles. The summed E-state index contributed by atoms with van der Waals surface area (Å²) in [5.41, 5.74) is 2.65. The van der Waals surface area contributed by atoms with Crippen molar-refractivity contribution in [3.8, 4) is 5.75 Å². The van der Waals surface area contributed by atoms with Gasteiger partial charge in [-0.15, -0.1) is 0 Å². The van der Waals surface area contributed by atoms with Crippen LogP contribution >= 0.6 is 23.4 Å². The van der Waals surface area contributed by atoms with Gasteiger partial charge in [0, 0.05) is 21.0 Å². The van der Waals surface area contributed by atoms with Crippen LogP contribution in [0.25, 0.3) is 6.08 Å². The Bertz CT molecular complexity index is 1010. The van der Waals surface area contributed by atoms with Gasteiger partial charge < -0.3 is 4.74 Å². The standard InChI is InChI=1S/C22H15ClO2S/c23-19-10-3-1-7-16(19)14-25-17-8-5-6-15(12-17)13-21-22(24)18-9-2-4-11-20(18)26-21/h1-13H,14H2. The van der Waals surface area contributed by atoms with E-state index in [1.54, 1.807) is 0 Å². The van der Waals surface area contributed by atoms with E-state index in [0.717, 1.165) is 32.2 Å². The van der Waals surface area contributed by atoms with Crippen molar-refractivity contribution in [3.05, 3.63) is 99.4 Å². The molecule has 0 fully saturated rings. The second-order valence-electron chi connectivity index (χ2n) is 5.89. The average molecular weight is 379 g/mol. The molecule has 0 saturated carbocycles. The first-order chi connectivity index (χ1) is 12.7. The highest BCUT2D eigenvalue weighted by molar-refractivity contribution is 8.04. The third-order valence-electron chi connectivity index (χ3n) is 4.08. The van der Waals surface area contributed by atoms with Gasteiger partial charge in [0.1, 0.15) is 12.4 Å². The van der Waals surface area contributed by atoms with Gasteiger partial charge in [-0.1, -0.05) is 65.8 Å². The van der Waals surface area contributed by atoms with Gasteiger partial charge in [0.15, 0.2) is 0 Å². The molecule has 4 rings (SSSR count). The number of fused-ring (bicyclic) bond motifs is 1. The first kappa shape index (κ1) is 17.0. The van der Waals surface area contributed by atoms with Crippen molar-refractivity contribution < 1.29 is 9.53 Å². The second kappa shape index (κ2) is 7.40. The molecule has 1 heterocycles. The number of carbonyl (C=O) groups excluding carboxylic acids is 1. The van der Waals surface area contributed by atoms with Gasteiger partial charge in [0.05, 0.1) is 4.91 Å². The Labute approximate surface area is 161 Å². The molecule has 0 unspecified atom stereocenters. The maximum absolute atomic E-state index is 12.5. The lowest BCUT2D eigenvalue weighted by Crippen LogP contribution is -1.96. The first-order valence-corrected chi connectivity index (χ1v) is 9.40. The Morgan fingerprint density at radius 2 is 1.77 bits per heavy atom. The van der Waals surface area contributed by atoms with E-state index in [4.69, 9.17) is 16.3 Å². The van der Waals surface area contributed by atoms with Crippen LogP contribution in [0.2, 0.25) is 5.02 Å². The minimum atomic E-state index is 0.0768. The van der Waals surface area contributed by atoms with Crippen LogP contribution in [0.3, 0.4) is 0 Å². The third kappa shape index (κ3) is 3.55. The second-order valence-corrected chi connectivity index (χ2v) is 7.38. The van der Waals surface area contributed by atoms with Crippen LogP contribution in [0, 0.1) is 0 Å². The van der Waals surface area contributed by atoms with Gasteiger partial charge in [-0.2, -0.15) is 0 Å². The van der Waals surface area contributed by atoms with Crippen LogP contribution in [0.15, 0.2) is 82.6 Å². The number of carbonyl (C=O) groups is 1. The largest absolute Gasteiger partial charge is 0.489 e. The monoisotopic (exact) mass is 378 g/mol. The maximum atomic E-state index is 12.5. The molecule has 2 nitrogen and oxygen atoms in total. The van der Waals surface area contributed by atoms with Crippen LogP contribution in [0.4, 0.5) is 0 Å². The van der Waals surface area contributed by atoms with Crippen LogP contribution in [-0.4, -0.2) is 5.78 Å². The Morgan fingerprint density at radius 3 is 2.62 bits per heavy atom. The summed E-state index contributed by atoms with van der Waals surface area (Å²) >= 11 is 7.68. The van der Waals surface area contributed by atoms with E-state index in [0.29, 0.717) is 11.6 Å². The smallest absolute Gasteiger partial charge is 0.200 e. The summed E-state index contributed by atoms with van der Waals surface area (Å²) in [5, 5.41) is 0.691. The van der Waals surface area contributed by atoms with Crippen LogP contribution in [0.1, 0.15) is 21.5 Å². The average Bonchev–Trinajstić information content (AvgIpc) is 2.97. The van der Waals surface area contributed by atoms with Crippen molar-refractivity contribution in [2.24, 2.45) is 0 Å². The van der Waals surface area contributed by atoms with Crippen molar-refractivity contribution in [1.29, 1.82) is 0 Å². The van der Waals surface area contributed by atoms with Gasteiger partial charge in [0.2, 0.25) is 5.78 Å². The highest BCUT2D eigenvalue weighted by Crippen LogP contribution is 2.40. The van der Waals surface area contributed by atoms with Gasteiger partial charge >= 0.3 is 0 Å². The van der Waals surface area contributed by atoms with E-state index in [9.17, 15) is 4.79 Å². The summed E-state index contributed by atoms with van der Waals surface area (Å²) < 4.78 is 5.86. The summed E-state index contributed by atoms with van der Waals surface area (Å²) in [6.07, 6.45) is 1.91. The van der Waals surface area contributed by atoms with Crippen molar-refractivity contribution >= 4 is 35.2 Å². The molecule has 128 valence electrons. The molecule has 0 saturated heterocycles. The Morgan fingerprint density at radius 1 is 0.962 bits per heavy atom. The van der Waals surface area contributed by atoms with E-state index in [2.05, 4.69) is 0 Å². The molecule has 0 radical (unpaired) electrons. The summed E-state index contributed by atoms with van der Waals surface area (Å²) in [6, 6.07) is 23.0. The summed E-state index contributed by atoms with van der Waals surface area (Å²) in [4.78, 5) is 14.2. The number of ether oxygens (including phenoxy) is 1. The van der Waals surface area contributed by atoms with Crippen LogP contribution < -0.4 is 4.74 Å². The lowest BCUT2D eigenvalue weighted by Gasteiger charge is -2.08. The number of hydrogen-bond acceptors (Lipinski definition) is 3. The number of allylic oxidation sites excluding steroid dienone is 1. The number of Topliss-reactive ketones (excluding diaryl/α,β-unsaturated/α-hetero) is 1. The van der Waals surface area contributed by atoms with Crippen molar-refractivity contribution in [3.63, 3.8) is 0 Å². The van der Waals surface area contributed by atoms with Crippen molar-refractivity contribution in [2.75, 3.05) is 0 Å². The Balaban J connectivity index is 1.52. The molecule has 0 spiro atoms. The van der Waals surface area contributed by atoms with Crippen LogP contribution in [0.5, 0.6) is 5.75 Å². The molecule has 0 bridgehead atoms. The van der Waals surface area contributed by atoms with E-state index in [1.165, 1.54) is 11.8 Å². The van der Waals surface area contributed by atoms with Crippen molar-refractivity contribution in [1.82, 2.24) is 0 Å². The first-order valence-electron chi connectivity index (χ1n) is 8.20. The highest BCUT2D eigenvalue weighted by Gasteiger charge is 2.25. The normalized spacial score (nSPS) is 14.5. The molecule has 0 atom stereocenters. The number of thioether (sulfide) groups is 1.